The van der Waals surface area contributed by atoms with Gasteiger partial charge in [0.15, 0.2) is 5.13 Å². The molecule has 0 bridgehead atoms. The zero-order valence-corrected chi connectivity index (χ0v) is 21.8. The number of carbonyl (C=O) groups is 3. The van der Waals surface area contributed by atoms with Crippen LogP contribution in [-0.2, 0) is 14.4 Å². The lowest BCUT2D eigenvalue weighted by molar-refractivity contribution is -0.138. The molecule has 188 valence electrons. The Hall–Kier alpha value is -3.66. The fraction of sp³-hybridized carbons (Fsp3) is 0.111. The molecule has 4 rings (SSSR count). The van der Waals surface area contributed by atoms with Gasteiger partial charge in [0.25, 0.3) is 0 Å². The number of rotatable bonds is 10. The number of hydrogen-bond donors (Lipinski definition) is 3. The number of thioether (sulfide) groups is 1. The standard InChI is InChI=1S/C27H22ClN3O4S2/c28-21-12-5-4-11-20(21)22-16-36-27(30-22)31-26(35)25(17-7-2-1-3-8-17)37-19-10-6-9-18(15-19)29-23(32)13-14-24(33)34/h1-12,15-16,25H,13-14H2,(H,29,32)(H,33,34)(H,30,31,35). The third-order valence-corrected chi connectivity index (χ3v) is 7.50. The van der Waals surface area contributed by atoms with Crippen LogP contribution in [0.25, 0.3) is 11.3 Å². The molecule has 0 aliphatic heterocycles. The number of aliphatic carboxylic acids is 1. The first-order valence-corrected chi connectivity index (χ1v) is 13.4. The van der Waals surface area contributed by atoms with Gasteiger partial charge in [-0.3, -0.25) is 14.4 Å². The summed E-state index contributed by atoms with van der Waals surface area (Å²) in [5.41, 5.74) is 2.80. The van der Waals surface area contributed by atoms with Crippen LogP contribution >= 0.6 is 34.7 Å². The number of aromatic nitrogens is 1. The molecule has 10 heteroatoms. The van der Waals surface area contributed by atoms with Crippen molar-refractivity contribution in [2.75, 3.05) is 10.6 Å². The number of hydrogen-bond acceptors (Lipinski definition) is 6. The number of nitrogens with one attached hydrogen (secondary N) is 2. The maximum atomic E-state index is 13.4. The van der Waals surface area contributed by atoms with Gasteiger partial charge in [-0.05, 0) is 29.8 Å². The summed E-state index contributed by atoms with van der Waals surface area (Å²) in [6.45, 7) is 0. The highest BCUT2D eigenvalue weighted by molar-refractivity contribution is 8.00. The van der Waals surface area contributed by atoms with E-state index in [1.165, 1.54) is 23.1 Å². The fourth-order valence-electron chi connectivity index (χ4n) is 3.42. The van der Waals surface area contributed by atoms with Gasteiger partial charge in [-0.1, -0.05) is 66.2 Å². The van der Waals surface area contributed by atoms with Crippen molar-refractivity contribution in [2.45, 2.75) is 23.0 Å². The minimum absolute atomic E-state index is 0.119. The van der Waals surface area contributed by atoms with Crippen molar-refractivity contribution in [3.05, 3.63) is 94.8 Å². The molecule has 0 aliphatic carbocycles. The van der Waals surface area contributed by atoms with Crippen LogP contribution in [0.1, 0.15) is 23.7 Å². The first-order chi connectivity index (χ1) is 17.9. The lowest BCUT2D eigenvalue weighted by Gasteiger charge is -2.17. The first-order valence-electron chi connectivity index (χ1n) is 11.2. The summed E-state index contributed by atoms with van der Waals surface area (Å²) in [4.78, 5) is 41.5. The number of carboxylic acids is 1. The van der Waals surface area contributed by atoms with Gasteiger partial charge < -0.3 is 15.7 Å². The molecule has 1 unspecified atom stereocenters. The monoisotopic (exact) mass is 551 g/mol. The fourth-order valence-corrected chi connectivity index (χ4v) is 5.45. The van der Waals surface area contributed by atoms with Crippen LogP contribution in [-0.4, -0.2) is 27.9 Å². The normalized spacial score (nSPS) is 11.5. The Kier molecular flexibility index (Phi) is 8.95. The predicted octanol–water partition coefficient (Wildman–Crippen LogP) is 6.74. The summed E-state index contributed by atoms with van der Waals surface area (Å²) >= 11 is 8.94. The number of amides is 2. The summed E-state index contributed by atoms with van der Waals surface area (Å²) in [6, 6.07) is 23.9. The molecule has 37 heavy (non-hydrogen) atoms. The molecule has 7 nitrogen and oxygen atoms in total. The number of anilines is 2. The molecule has 3 N–H and O–H groups in total. The zero-order chi connectivity index (χ0) is 26.2. The third-order valence-electron chi connectivity index (χ3n) is 5.16. The van der Waals surface area contributed by atoms with E-state index in [9.17, 15) is 14.4 Å². The van der Waals surface area contributed by atoms with E-state index in [1.807, 2.05) is 60.0 Å². The largest absolute Gasteiger partial charge is 0.481 e. The van der Waals surface area contributed by atoms with Gasteiger partial charge in [0.2, 0.25) is 11.8 Å². The number of thiazole rings is 1. The van der Waals surface area contributed by atoms with Crippen LogP contribution < -0.4 is 10.6 Å². The quantitative estimate of drug-likeness (QED) is 0.188. The molecule has 1 atom stereocenters. The van der Waals surface area contributed by atoms with E-state index in [4.69, 9.17) is 16.7 Å². The van der Waals surface area contributed by atoms with Crippen molar-refractivity contribution in [1.29, 1.82) is 0 Å². The van der Waals surface area contributed by atoms with Gasteiger partial charge in [0.05, 0.1) is 12.1 Å². The van der Waals surface area contributed by atoms with Gasteiger partial charge in [0.1, 0.15) is 5.25 Å². The molecule has 0 spiro atoms. The van der Waals surface area contributed by atoms with Gasteiger partial charge >= 0.3 is 5.97 Å². The molecule has 0 aliphatic rings. The van der Waals surface area contributed by atoms with Crippen LogP contribution in [0.5, 0.6) is 0 Å². The van der Waals surface area contributed by atoms with Crippen molar-refractivity contribution in [3.8, 4) is 11.3 Å². The highest BCUT2D eigenvalue weighted by Gasteiger charge is 2.23. The van der Waals surface area contributed by atoms with E-state index in [1.54, 1.807) is 24.3 Å². The van der Waals surface area contributed by atoms with Gasteiger partial charge in [0, 0.05) is 33.0 Å². The number of carbonyl (C=O) groups excluding carboxylic acids is 2. The van der Waals surface area contributed by atoms with Gasteiger partial charge in [-0.15, -0.1) is 23.1 Å². The Balaban J connectivity index is 1.51. The van der Waals surface area contributed by atoms with E-state index in [0.717, 1.165) is 16.0 Å². The van der Waals surface area contributed by atoms with E-state index in [2.05, 4.69) is 15.6 Å². The van der Waals surface area contributed by atoms with E-state index in [-0.39, 0.29) is 24.7 Å². The first kappa shape index (κ1) is 26.4. The Labute approximate surface area is 226 Å². The van der Waals surface area contributed by atoms with Gasteiger partial charge in [-0.25, -0.2) is 4.98 Å². The molecule has 1 heterocycles. The molecule has 0 saturated carbocycles. The molecular weight excluding hydrogens is 530 g/mol. The summed E-state index contributed by atoms with van der Waals surface area (Å²) < 4.78 is 0. The smallest absolute Gasteiger partial charge is 0.303 e. The number of halogens is 1. The minimum Gasteiger partial charge on any atom is -0.481 e. The number of carboxylic acid groups (broad SMARTS) is 1. The van der Waals surface area contributed by atoms with Crippen LogP contribution in [0, 0.1) is 0 Å². The van der Waals surface area contributed by atoms with Crippen molar-refractivity contribution in [3.63, 3.8) is 0 Å². The van der Waals surface area contributed by atoms with E-state index >= 15 is 0 Å². The second kappa shape index (κ2) is 12.5. The maximum Gasteiger partial charge on any atom is 0.303 e. The third kappa shape index (κ3) is 7.42. The molecule has 2 amide bonds. The summed E-state index contributed by atoms with van der Waals surface area (Å²) in [6.07, 6.45) is -0.364. The molecule has 0 fully saturated rings. The molecule has 1 aromatic heterocycles. The molecule has 4 aromatic rings. The lowest BCUT2D eigenvalue weighted by Crippen LogP contribution is -2.19. The summed E-state index contributed by atoms with van der Waals surface area (Å²) in [5.74, 6) is -1.66. The average Bonchev–Trinajstić information content (AvgIpc) is 3.35. The van der Waals surface area contributed by atoms with E-state index < -0.39 is 11.2 Å². The van der Waals surface area contributed by atoms with Crippen LogP contribution in [0.4, 0.5) is 10.8 Å². The Morgan fingerprint density at radius 2 is 1.70 bits per heavy atom. The minimum atomic E-state index is -1.03. The van der Waals surface area contributed by atoms with Gasteiger partial charge in [-0.2, -0.15) is 0 Å². The molecule has 0 saturated heterocycles. The van der Waals surface area contributed by atoms with E-state index in [0.29, 0.717) is 21.5 Å². The SMILES string of the molecule is O=C(O)CCC(=O)Nc1cccc(SC(C(=O)Nc2nc(-c3ccccc3Cl)cs2)c2ccccc2)c1. The van der Waals surface area contributed by atoms with Crippen LogP contribution in [0.2, 0.25) is 5.02 Å². The molecule has 0 radical (unpaired) electrons. The highest BCUT2D eigenvalue weighted by atomic mass is 35.5. The Morgan fingerprint density at radius 1 is 0.946 bits per heavy atom. The van der Waals surface area contributed by atoms with Crippen molar-refractivity contribution in [2.24, 2.45) is 0 Å². The second-order valence-corrected chi connectivity index (χ2v) is 10.3. The second-order valence-electron chi connectivity index (χ2n) is 7.89. The Morgan fingerprint density at radius 3 is 2.46 bits per heavy atom. The summed E-state index contributed by atoms with van der Waals surface area (Å²) in [5, 5.41) is 16.7. The summed E-state index contributed by atoms with van der Waals surface area (Å²) in [7, 11) is 0. The lowest BCUT2D eigenvalue weighted by atomic mass is 10.1. The van der Waals surface area contributed by atoms with Crippen molar-refractivity contribution in [1.82, 2.24) is 4.98 Å². The van der Waals surface area contributed by atoms with Crippen LogP contribution in [0.15, 0.2) is 89.1 Å². The average molecular weight is 552 g/mol. The van der Waals surface area contributed by atoms with Crippen molar-refractivity contribution < 1.29 is 19.5 Å². The topological polar surface area (TPSA) is 108 Å². The zero-order valence-electron chi connectivity index (χ0n) is 19.4. The van der Waals surface area contributed by atoms with Crippen LogP contribution in [0.3, 0.4) is 0 Å². The molecule has 3 aromatic carbocycles. The molecular formula is C27H22ClN3O4S2. The Bertz CT molecular complexity index is 1410. The number of nitrogens with zero attached hydrogens (tertiary/aromatic N) is 1. The van der Waals surface area contributed by atoms with Crippen molar-refractivity contribution >= 4 is 63.3 Å². The predicted molar refractivity (Wildman–Crippen MR) is 148 cm³/mol. The number of benzene rings is 3. The highest BCUT2D eigenvalue weighted by Crippen LogP contribution is 2.38. The maximum absolute atomic E-state index is 13.4.